The summed E-state index contributed by atoms with van der Waals surface area (Å²) in [6.07, 6.45) is 4.50. The van der Waals surface area contributed by atoms with Crippen LogP contribution < -0.4 is 10.1 Å². The summed E-state index contributed by atoms with van der Waals surface area (Å²) in [4.78, 5) is 21.4. The highest BCUT2D eigenvalue weighted by atomic mass is 32.2. The van der Waals surface area contributed by atoms with Crippen molar-refractivity contribution in [2.24, 2.45) is 0 Å². The summed E-state index contributed by atoms with van der Waals surface area (Å²) >= 11 is 1.56. The van der Waals surface area contributed by atoms with Gasteiger partial charge in [0, 0.05) is 11.1 Å². The van der Waals surface area contributed by atoms with Crippen molar-refractivity contribution >= 4 is 23.5 Å². The van der Waals surface area contributed by atoms with Crippen molar-refractivity contribution in [1.82, 2.24) is 9.97 Å². The minimum Gasteiger partial charge on any atom is -0.438 e. The van der Waals surface area contributed by atoms with Crippen LogP contribution in [0.2, 0.25) is 0 Å². The Morgan fingerprint density at radius 2 is 2.04 bits per heavy atom. The van der Waals surface area contributed by atoms with Crippen molar-refractivity contribution in [3.8, 4) is 11.6 Å². The number of amides is 1. The first kappa shape index (κ1) is 16.9. The molecule has 0 aliphatic heterocycles. The number of aromatic nitrogens is 2. The number of benzene rings is 1. The molecule has 3 rings (SSSR count). The molecular weight excluding hydrogens is 341 g/mol. The highest BCUT2D eigenvalue weighted by Crippen LogP contribution is 2.27. The minimum atomic E-state index is -0.628. The van der Waals surface area contributed by atoms with Crippen LogP contribution >= 0.6 is 11.8 Å². The molecule has 1 amide bonds. The van der Waals surface area contributed by atoms with Gasteiger partial charge < -0.3 is 10.1 Å². The van der Waals surface area contributed by atoms with Gasteiger partial charge in [0.25, 0.3) is 5.91 Å². The van der Waals surface area contributed by atoms with E-state index in [-0.39, 0.29) is 11.4 Å². The van der Waals surface area contributed by atoms with Crippen LogP contribution in [0, 0.1) is 5.82 Å². The Hall–Kier alpha value is -2.93. The Morgan fingerprint density at radius 1 is 1.16 bits per heavy atom. The molecule has 0 radical (unpaired) electrons. The number of halogens is 1. The number of nitrogens with zero attached hydrogens (tertiary/aromatic N) is 2. The van der Waals surface area contributed by atoms with Crippen LogP contribution in [0.5, 0.6) is 11.6 Å². The van der Waals surface area contributed by atoms with Gasteiger partial charge in [-0.3, -0.25) is 4.79 Å². The third-order valence-electron chi connectivity index (χ3n) is 3.22. The van der Waals surface area contributed by atoms with Gasteiger partial charge in [0.1, 0.15) is 22.9 Å². The fraction of sp³-hybridized carbons (Fsp3) is 0.0556. The van der Waals surface area contributed by atoms with Crippen LogP contribution in [-0.2, 0) is 0 Å². The van der Waals surface area contributed by atoms with E-state index in [2.05, 4.69) is 15.3 Å². The van der Waals surface area contributed by atoms with Gasteiger partial charge in [-0.05, 0) is 42.7 Å². The van der Waals surface area contributed by atoms with Gasteiger partial charge in [0.05, 0.1) is 6.20 Å². The zero-order valence-corrected chi connectivity index (χ0v) is 14.1. The molecule has 3 aromatic rings. The van der Waals surface area contributed by atoms with E-state index in [1.54, 1.807) is 42.2 Å². The second-order valence-corrected chi connectivity index (χ2v) is 5.84. The topological polar surface area (TPSA) is 64.1 Å². The molecule has 0 unspecified atom stereocenters. The van der Waals surface area contributed by atoms with E-state index in [1.165, 1.54) is 0 Å². The molecule has 2 heterocycles. The van der Waals surface area contributed by atoms with Crippen LogP contribution in [0.1, 0.15) is 10.4 Å². The highest BCUT2D eigenvalue weighted by Gasteiger charge is 2.17. The van der Waals surface area contributed by atoms with Crippen molar-refractivity contribution < 1.29 is 13.9 Å². The zero-order valence-electron chi connectivity index (χ0n) is 13.3. The second-order valence-electron chi connectivity index (χ2n) is 4.96. The molecule has 7 heteroatoms. The number of pyridine rings is 2. The molecule has 0 atom stereocenters. The summed E-state index contributed by atoms with van der Waals surface area (Å²) in [5, 5.41) is 2.59. The lowest BCUT2D eigenvalue weighted by molar-refractivity contribution is 0.102. The normalized spacial score (nSPS) is 10.3. The second kappa shape index (κ2) is 7.76. The summed E-state index contributed by atoms with van der Waals surface area (Å²) in [5.74, 6) is -0.295. The lowest BCUT2D eigenvalue weighted by Crippen LogP contribution is -2.15. The Bertz CT molecular complexity index is 890. The first-order valence-corrected chi connectivity index (χ1v) is 8.58. The van der Waals surface area contributed by atoms with E-state index in [1.807, 2.05) is 24.5 Å². The summed E-state index contributed by atoms with van der Waals surface area (Å²) in [5.41, 5.74) is -0.0137. The highest BCUT2D eigenvalue weighted by molar-refractivity contribution is 7.98. The van der Waals surface area contributed by atoms with Gasteiger partial charge in [-0.1, -0.05) is 12.1 Å². The van der Waals surface area contributed by atoms with Crippen molar-refractivity contribution in [3.05, 3.63) is 72.3 Å². The monoisotopic (exact) mass is 355 g/mol. The first-order valence-electron chi connectivity index (χ1n) is 7.35. The Kier molecular flexibility index (Phi) is 5.25. The van der Waals surface area contributed by atoms with Crippen LogP contribution in [-0.4, -0.2) is 22.1 Å². The number of carbonyl (C=O) groups is 1. The average molecular weight is 355 g/mol. The third-order valence-corrected chi connectivity index (χ3v) is 3.95. The number of rotatable bonds is 5. The molecule has 25 heavy (non-hydrogen) atoms. The maximum Gasteiger partial charge on any atom is 0.262 e. The van der Waals surface area contributed by atoms with E-state index < -0.39 is 11.7 Å². The van der Waals surface area contributed by atoms with Crippen molar-refractivity contribution in [3.63, 3.8) is 0 Å². The fourth-order valence-corrected chi connectivity index (χ4v) is 2.52. The van der Waals surface area contributed by atoms with E-state index in [9.17, 15) is 9.18 Å². The molecule has 1 N–H and O–H groups in total. The Balaban J connectivity index is 1.88. The molecular formula is C18H14FN3O2S. The van der Waals surface area contributed by atoms with Gasteiger partial charge in [-0.15, -0.1) is 11.8 Å². The van der Waals surface area contributed by atoms with Crippen molar-refractivity contribution in [2.45, 2.75) is 4.90 Å². The summed E-state index contributed by atoms with van der Waals surface area (Å²) in [6, 6.07) is 13.5. The van der Waals surface area contributed by atoms with Crippen LogP contribution in [0.3, 0.4) is 0 Å². The van der Waals surface area contributed by atoms with Gasteiger partial charge in [0.15, 0.2) is 0 Å². The number of hydrogen-bond donors (Lipinski definition) is 1. The zero-order chi connectivity index (χ0) is 17.6. The van der Waals surface area contributed by atoms with E-state index >= 15 is 0 Å². The number of thioether (sulfide) groups is 1. The fourth-order valence-electron chi connectivity index (χ4n) is 2.07. The summed E-state index contributed by atoms with van der Waals surface area (Å²) in [6.45, 7) is 0. The molecule has 2 aromatic heterocycles. The van der Waals surface area contributed by atoms with Crippen LogP contribution in [0.25, 0.3) is 0 Å². The largest absolute Gasteiger partial charge is 0.438 e. The molecule has 0 aliphatic rings. The van der Waals surface area contributed by atoms with E-state index in [0.717, 1.165) is 17.2 Å². The molecule has 0 spiro atoms. The smallest absolute Gasteiger partial charge is 0.262 e. The lowest BCUT2D eigenvalue weighted by Gasteiger charge is -2.11. The van der Waals surface area contributed by atoms with Gasteiger partial charge >= 0.3 is 0 Å². The molecule has 0 aliphatic carbocycles. The molecule has 0 fully saturated rings. The standard InChI is InChI=1S/C18H14FN3O2S/c1-25-14-6-4-5-13(10-14)24-18-15(9-12(19)11-21-18)17(23)22-16-7-2-3-8-20-16/h2-11H,1H3,(H,20,22,23). The maximum atomic E-state index is 13.6. The third kappa shape index (κ3) is 4.33. The average Bonchev–Trinajstić information content (AvgIpc) is 2.64. The molecule has 0 bridgehead atoms. The molecule has 1 aromatic carbocycles. The Morgan fingerprint density at radius 3 is 2.80 bits per heavy atom. The van der Waals surface area contributed by atoms with Gasteiger partial charge in [0.2, 0.25) is 5.88 Å². The Labute approximate surface area is 148 Å². The van der Waals surface area contributed by atoms with Crippen LogP contribution in [0.4, 0.5) is 10.2 Å². The number of hydrogen-bond acceptors (Lipinski definition) is 5. The number of carbonyl (C=O) groups excluding carboxylic acids is 1. The van der Waals surface area contributed by atoms with E-state index in [4.69, 9.17) is 4.74 Å². The first-order chi connectivity index (χ1) is 12.2. The lowest BCUT2D eigenvalue weighted by atomic mass is 10.2. The summed E-state index contributed by atoms with van der Waals surface area (Å²) < 4.78 is 19.3. The number of ether oxygens (including phenoxy) is 1. The van der Waals surface area contributed by atoms with E-state index in [0.29, 0.717) is 11.6 Å². The number of anilines is 1. The molecule has 0 saturated heterocycles. The predicted octanol–water partition coefficient (Wildman–Crippen LogP) is 4.38. The minimum absolute atomic E-state index is 0.0137. The van der Waals surface area contributed by atoms with Crippen molar-refractivity contribution in [1.29, 1.82) is 0 Å². The maximum absolute atomic E-state index is 13.6. The molecule has 5 nitrogen and oxygen atoms in total. The van der Waals surface area contributed by atoms with Gasteiger partial charge in [-0.25, -0.2) is 14.4 Å². The number of nitrogens with one attached hydrogen (secondary N) is 1. The van der Waals surface area contributed by atoms with Gasteiger partial charge in [-0.2, -0.15) is 0 Å². The SMILES string of the molecule is CSc1cccc(Oc2ncc(F)cc2C(=O)Nc2ccccn2)c1. The molecule has 126 valence electrons. The van der Waals surface area contributed by atoms with Crippen molar-refractivity contribution in [2.75, 3.05) is 11.6 Å². The predicted molar refractivity (Wildman–Crippen MR) is 94.7 cm³/mol. The quantitative estimate of drug-likeness (QED) is 0.688. The summed E-state index contributed by atoms with van der Waals surface area (Å²) in [7, 11) is 0. The molecule has 0 saturated carbocycles. The van der Waals surface area contributed by atoms with Crippen LogP contribution in [0.15, 0.2) is 65.8 Å².